The van der Waals surface area contributed by atoms with Crippen molar-refractivity contribution in [2.75, 3.05) is 18.0 Å². The third kappa shape index (κ3) is 3.28. The molecule has 2 aliphatic heterocycles. The lowest BCUT2D eigenvalue weighted by Crippen LogP contribution is -2.41. The van der Waals surface area contributed by atoms with Gasteiger partial charge in [-0.25, -0.2) is 4.79 Å². The first-order chi connectivity index (χ1) is 15.4. The van der Waals surface area contributed by atoms with Gasteiger partial charge in [-0.3, -0.25) is 19.3 Å². The number of anilines is 1. The van der Waals surface area contributed by atoms with Gasteiger partial charge in [0.15, 0.2) is 5.78 Å². The Hall–Kier alpha value is -3.48. The number of hydrogen-bond donors (Lipinski definition) is 1. The number of carbonyl (C=O) groups excluding carboxylic acids is 4. The van der Waals surface area contributed by atoms with Gasteiger partial charge in [-0.05, 0) is 61.4 Å². The summed E-state index contributed by atoms with van der Waals surface area (Å²) in [5.74, 6) is -0.742. The average Bonchev–Trinajstić information content (AvgIpc) is 3.49. The lowest BCUT2D eigenvalue weighted by atomic mass is 9.89. The Morgan fingerprint density at radius 2 is 1.81 bits per heavy atom. The van der Waals surface area contributed by atoms with Crippen LogP contribution in [0.15, 0.2) is 42.5 Å². The number of benzene rings is 2. The van der Waals surface area contributed by atoms with Crippen LogP contribution in [0.1, 0.15) is 53.2 Å². The van der Waals surface area contributed by atoms with Gasteiger partial charge in [0.05, 0.1) is 6.54 Å². The lowest BCUT2D eigenvalue weighted by molar-refractivity contribution is -0.130. The molecule has 1 N–H and O–H groups in total. The zero-order valence-corrected chi connectivity index (χ0v) is 18.0. The Labute approximate surface area is 186 Å². The normalized spacial score (nSPS) is 22.5. The molecule has 1 atom stereocenters. The van der Waals surface area contributed by atoms with Crippen LogP contribution in [0.25, 0.3) is 0 Å². The minimum absolute atomic E-state index is 0.0359. The van der Waals surface area contributed by atoms with Gasteiger partial charge in [0.25, 0.3) is 5.91 Å². The van der Waals surface area contributed by atoms with Crippen LogP contribution in [0.2, 0.25) is 0 Å². The van der Waals surface area contributed by atoms with Crippen molar-refractivity contribution in [3.05, 3.63) is 64.7 Å². The Bertz CT molecular complexity index is 1160. The van der Waals surface area contributed by atoms with Crippen LogP contribution in [0, 0.1) is 0 Å². The lowest BCUT2D eigenvalue weighted by Gasteiger charge is -2.23. The number of hydrogen-bond acceptors (Lipinski definition) is 4. The van der Waals surface area contributed by atoms with E-state index < -0.39 is 17.5 Å². The van der Waals surface area contributed by atoms with Gasteiger partial charge in [0, 0.05) is 24.2 Å². The topological polar surface area (TPSA) is 86.8 Å². The van der Waals surface area contributed by atoms with Crippen molar-refractivity contribution >= 4 is 29.3 Å². The molecule has 5 rings (SSSR count). The van der Waals surface area contributed by atoms with Crippen molar-refractivity contribution in [1.82, 2.24) is 10.2 Å². The van der Waals surface area contributed by atoms with Crippen molar-refractivity contribution in [2.24, 2.45) is 0 Å². The molecule has 0 spiro atoms. The molecule has 1 unspecified atom stereocenters. The van der Waals surface area contributed by atoms with Crippen molar-refractivity contribution in [1.29, 1.82) is 0 Å². The molecule has 2 aromatic rings. The molecule has 2 heterocycles. The third-order valence-corrected chi connectivity index (χ3v) is 6.81. The fourth-order valence-corrected chi connectivity index (χ4v) is 4.92. The summed E-state index contributed by atoms with van der Waals surface area (Å²) >= 11 is 0. The van der Waals surface area contributed by atoms with E-state index in [2.05, 4.69) is 5.32 Å². The van der Waals surface area contributed by atoms with Crippen LogP contribution in [-0.2, 0) is 28.0 Å². The van der Waals surface area contributed by atoms with Crippen molar-refractivity contribution in [3.63, 3.8) is 0 Å². The Kier molecular flexibility index (Phi) is 4.84. The molecule has 1 aliphatic carbocycles. The maximum atomic E-state index is 13.3. The van der Waals surface area contributed by atoms with E-state index in [1.54, 1.807) is 36.1 Å². The molecule has 0 saturated carbocycles. The molecular formula is C25H25N3O4. The molecule has 2 fully saturated rings. The molecule has 2 saturated heterocycles. The number of imide groups is 1. The number of urea groups is 1. The number of Topliss-reactive ketones (excluding diaryl/α,β-unsaturated/α-hetero) is 1. The van der Waals surface area contributed by atoms with Crippen LogP contribution < -0.4 is 10.2 Å². The summed E-state index contributed by atoms with van der Waals surface area (Å²) in [5, 5.41) is 2.79. The second kappa shape index (κ2) is 7.58. The van der Waals surface area contributed by atoms with E-state index in [4.69, 9.17) is 0 Å². The van der Waals surface area contributed by atoms with E-state index in [0.717, 1.165) is 36.1 Å². The average molecular weight is 431 g/mol. The maximum Gasteiger partial charge on any atom is 0.325 e. The first kappa shape index (κ1) is 20.4. The Morgan fingerprint density at radius 1 is 1.00 bits per heavy atom. The monoisotopic (exact) mass is 431 g/mol. The number of amides is 4. The number of nitrogens with one attached hydrogen (secondary N) is 1. The van der Waals surface area contributed by atoms with Crippen LogP contribution >= 0.6 is 0 Å². The van der Waals surface area contributed by atoms with Gasteiger partial charge in [0.1, 0.15) is 5.54 Å². The molecule has 0 radical (unpaired) electrons. The SMILES string of the molecule is CC1(c2ccc3c(c2)CCC3)NC(=O)N(CC(=O)c2cccc(N3CCCC3=O)c2)C1=O. The molecule has 7 heteroatoms. The number of ketones is 1. The zero-order chi connectivity index (χ0) is 22.5. The molecule has 3 aliphatic rings. The minimum Gasteiger partial charge on any atom is -0.319 e. The molecular weight excluding hydrogens is 406 g/mol. The summed E-state index contributed by atoms with van der Waals surface area (Å²) in [4.78, 5) is 53.6. The molecule has 7 nitrogen and oxygen atoms in total. The largest absolute Gasteiger partial charge is 0.325 e. The highest BCUT2D eigenvalue weighted by molar-refractivity contribution is 6.11. The van der Waals surface area contributed by atoms with Crippen LogP contribution in [0.5, 0.6) is 0 Å². The predicted octanol–water partition coefficient (Wildman–Crippen LogP) is 2.95. The minimum atomic E-state index is -1.20. The van der Waals surface area contributed by atoms with Gasteiger partial charge >= 0.3 is 6.03 Å². The summed E-state index contributed by atoms with van der Waals surface area (Å²) in [6.07, 6.45) is 4.40. The van der Waals surface area contributed by atoms with E-state index in [9.17, 15) is 19.2 Å². The number of nitrogens with zero attached hydrogens (tertiary/aromatic N) is 2. The predicted molar refractivity (Wildman–Crippen MR) is 118 cm³/mol. The van der Waals surface area contributed by atoms with Crippen LogP contribution in [0.3, 0.4) is 0 Å². The molecule has 164 valence electrons. The van der Waals surface area contributed by atoms with Crippen molar-refractivity contribution < 1.29 is 19.2 Å². The van der Waals surface area contributed by atoms with E-state index in [0.29, 0.717) is 24.2 Å². The number of carbonyl (C=O) groups is 4. The van der Waals surface area contributed by atoms with E-state index in [-0.39, 0.29) is 18.2 Å². The molecule has 4 amide bonds. The highest BCUT2D eigenvalue weighted by atomic mass is 16.2. The highest BCUT2D eigenvalue weighted by Gasteiger charge is 2.49. The van der Waals surface area contributed by atoms with E-state index in [1.165, 1.54) is 11.1 Å². The Balaban J connectivity index is 1.36. The second-order valence-electron chi connectivity index (χ2n) is 8.91. The molecule has 32 heavy (non-hydrogen) atoms. The standard InChI is InChI=1S/C25H25N3O4/c1-25(19-11-10-16-5-2-6-17(16)13-19)23(31)28(24(32)26-25)15-21(29)18-7-3-8-20(14-18)27-12-4-9-22(27)30/h3,7-8,10-11,13-14H,2,4-6,9,12,15H2,1H3,(H,26,32). The van der Waals surface area contributed by atoms with Gasteiger partial charge in [-0.1, -0.05) is 30.3 Å². The van der Waals surface area contributed by atoms with Gasteiger partial charge in [-0.2, -0.15) is 0 Å². The van der Waals surface area contributed by atoms with Gasteiger partial charge < -0.3 is 10.2 Å². The first-order valence-corrected chi connectivity index (χ1v) is 11.1. The quantitative estimate of drug-likeness (QED) is 0.583. The first-order valence-electron chi connectivity index (χ1n) is 11.1. The maximum absolute atomic E-state index is 13.3. The number of rotatable bonds is 5. The van der Waals surface area contributed by atoms with Crippen molar-refractivity contribution in [2.45, 2.75) is 44.6 Å². The second-order valence-corrected chi connectivity index (χ2v) is 8.91. The number of aryl methyl sites for hydroxylation is 2. The summed E-state index contributed by atoms with van der Waals surface area (Å²) in [7, 11) is 0. The summed E-state index contributed by atoms with van der Waals surface area (Å²) < 4.78 is 0. The smallest absolute Gasteiger partial charge is 0.319 e. The van der Waals surface area contributed by atoms with Gasteiger partial charge in [-0.15, -0.1) is 0 Å². The number of fused-ring (bicyclic) bond motifs is 1. The van der Waals surface area contributed by atoms with Gasteiger partial charge in [0.2, 0.25) is 5.91 Å². The third-order valence-electron chi connectivity index (χ3n) is 6.81. The molecule has 0 bridgehead atoms. The summed E-state index contributed by atoms with van der Waals surface area (Å²) in [5.41, 5.74) is 3.08. The molecule has 0 aromatic heterocycles. The van der Waals surface area contributed by atoms with E-state index >= 15 is 0 Å². The van der Waals surface area contributed by atoms with Crippen LogP contribution in [0.4, 0.5) is 10.5 Å². The fraction of sp³-hybridized carbons (Fsp3) is 0.360. The zero-order valence-electron chi connectivity index (χ0n) is 18.0. The Morgan fingerprint density at radius 3 is 2.59 bits per heavy atom. The highest BCUT2D eigenvalue weighted by Crippen LogP contribution is 2.33. The fourth-order valence-electron chi connectivity index (χ4n) is 4.92. The molecule has 2 aromatic carbocycles. The summed E-state index contributed by atoms with van der Waals surface area (Å²) in [6.45, 7) is 1.97. The van der Waals surface area contributed by atoms with Crippen LogP contribution in [-0.4, -0.2) is 41.6 Å². The van der Waals surface area contributed by atoms with Crippen molar-refractivity contribution in [3.8, 4) is 0 Å². The van der Waals surface area contributed by atoms with E-state index in [1.807, 2.05) is 18.2 Å². The summed E-state index contributed by atoms with van der Waals surface area (Å²) in [6, 6.07) is 12.2.